The highest BCUT2D eigenvalue weighted by Gasteiger charge is 2.41. The Bertz CT molecular complexity index is 144. The molecule has 72 valence electrons. The van der Waals surface area contributed by atoms with E-state index < -0.39 is 0 Å². The van der Waals surface area contributed by atoms with E-state index in [1.165, 1.54) is 25.7 Å². The molecule has 0 aromatic carbocycles. The quantitative estimate of drug-likeness (QED) is 0.690. The first-order valence-corrected chi connectivity index (χ1v) is 5.33. The van der Waals surface area contributed by atoms with Crippen LogP contribution in [0.25, 0.3) is 0 Å². The van der Waals surface area contributed by atoms with Gasteiger partial charge in [-0.15, -0.1) is 0 Å². The van der Waals surface area contributed by atoms with Crippen molar-refractivity contribution in [1.29, 1.82) is 0 Å². The van der Waals surface area contributed by atoms with E-state index in [9.17, 15) is 5.11 Å². The van der Waals surface area contributed by atoms with Gasteiger partial charge in [-0.3, -0.25) is 0 Å². The summed E-state index contributed by atoms with van der Waals surface area (Å²) < 4.78 is 0. The summed E-state index contributed by atoms with van der Waals surface area (Å²) >= 11 is 0. The molecule has 0 spiro atoms. The molecule has 0 radical (unpaired) electrons. The third-order valence-electron chi connectivity index (χ3n) is 3.64. The van der Waals surface area contributed by atoms with E-state index in [1.54, 1.807) is 0 Å². The summed E-state index contributed by atoms with van der Waals surface area (Å²) in [5.41, 5.74) is -0.337. The molecule has 1 rings (SSSR count). The van der Waals surface area contributed by atoms with Crippen LogP contribution < -0.4 is 0 Å². The van der Waals surface area contributed by atoms with Crippen LogP contribution in [0.2, 0.25) is 0 Å². The summed E-state index contributed by atoms with van der Waals surface area (Å²) in [6, 6.07) is 0. The largest absolute Gasteiger partial charge is 0.389 e. The zero-order valence-corrected chi connectivity index (χ0v) is 8.64. The second-order valence-electron chi connectivity index (χ2n) is 4.47. The Morgan fingerprint density at radius 3 is 2.67 bits per heavy atom. The minimum atomic E-state index is -0.337. The van der Waals surface area contributed by atoms with Gasteiger partial charge in [-0.05, 0) is 31.1 Å². The molecule has 1 aliphatic rings. The predicted octanol–water partition coefficient (Wildman–Crippen LogP) is 2.97. The first-order valence-electron chi connectivity index (χ1n) is 5.33. The second kappa shape index (κ2) is 3.78. The molecule has 1 nitrogen and oxygen atoms in total. The Labute approximate surface area is 76.2 Å². The molecule has 1 saturated carbocycles. The third kappa shape index (κ3) is 1.66. The van der Waals surface area contributed by atoms with Crippen LogP contribution in [-0.4, -0.2) is 10.7 Å². The fourth-order valence-electron chi connectivity index (χ4n) is 2.60. The summed E-state index contributed by atoms with van der Waals surface area (Å²) in [6.07, 6.45) is 5.81. The lowest BCUT2D eigenvalue weighted by Gasteiger charge is -2.34. The van der Waals surface area contributed by atoms with Crippen molar-refractivity contribution in [2.24, 2.45) is 11.8 Å². The molecule has 1 N–H and O–H groups in total. The maximum atomic E-state index is 10.4. The maximum Gasteiger partial charge on any atom is 0.0698 e. The van der Waals surface area contributed by atoms with E-state index in [-0.39, 0.29) is 5.60 Å². The van der Waals surface area contributed by atoms with Gasteiger partial charge in [0.05, 0.1) is 5.60 Å². The molecule has 3 unspecified atom stereocenters. The van der Waals surface area contributed by atoms with Crippen LogP contribution in [0.4, 0.5) is 0 Å². The van der Waals surface area contributed by atoms with Gasteiger partial charge in [0.15, 0.2) is 0 Å². The van der Waals surface area contributed by atoms with Gasteiger partial charge in [0.2, 0.25) is 0 Å². The van der Waals surface area contributed by atoms with Gasteiger partial charge in [0, 0.05) is 0 Å². The van der Waals surface area contributed by atoms with Gasteiger partial charge in [-0.25, -0.2) is 0 Å². The lowest BCUT2D eigenvalue weighted by atomic mass is 9.79. The topological polar surface area (TPSA) is 20.2 Å². The highest BCUT2D eigenvalue weighted by Crippen LogP contribution is 2.42. The first kappa shape index (κ1) is 10.0. The second-order valence-corrected chi connectivity index (χ2v) is 4.47. The van der Waals surface area contributed by atoms with Crippen molar-refractivity contribution in [1.82, 2.24) is 0 Å². The van der Waals surface area contributed by atoms with Crippen molar-refractivity contribution >= 4 is 0 Å². The maximum absolute atomic E-state index is 10.4. The summed E-state index contributed by atoms with van der Waals surface area (Å²) in [5.74, 6) is 0.999. The molecule has 0 saturated heterocycles. The van der Waals surface area contributed by atoms with Crippen LogP contribution in [0.1, 0.15) is 52.9 Å². The predicted molar refractivity (Wildman–Crippen MR) is 52.0 cm³/mol. The minimum Gasteiger partial charge on any atom is -0.389 e. The van der Waals surface area contributed by atoms with Crippen LogP contribution in [-0.2, 0) is 0 Å². The molecule has 1 aliphatic carbocycles. The highest BCUT2D eigenvalue weighted by atomic mass is 16.3. The number of hydrogen-bond acceptors (Lipinski definition) is 1. The monoisotopic (exact) mass is 170 g/mol. The van der Waals surface area contributed by atoms with E-state index in [4.69, 9.17) is 0 Å². The van der Waals surface area contributed by atoms with Crippen molar-refractivity contribution in [3.8, 4) is 0 Å². The Morgan fingerprint density at radius 1 is 1.58 bits per heavy atom. The normalized spacial score (nSPS) is 38.5. The van der Waals surface area contributed by atoms with Crippen LogP contribution in [0, 0.1) is 11.8 Å². The molecule has 3 atom stereocenters. The molecular formula is C11H22O. The lowest BCUT2D eigenvalue weighted by molar-refractivity contribution is -0.0428. The van der Waals surface area contributed by atoms with E-state index in [0.29, 0.717) is 11.8 Å². The third-order valence-corrected chi connectivity index (χ3v) is 3.64. The van der Waals surface area contributed by atoms with Crippen molar-refractivity contribution in [3.63, 3.8) is 0 Å². The molecule has 0 aromatic rings. The summed E-state index contributed by atoms with van der Waals surface area (Å²) in [4.78, 5) is 0. The van der Waals surface area contributed by atoms with Gasteiger partial charge in [-0.1, -0.05) is 33.6 Å². The zero-order valence-electron chi connectivity index (χ0n) is 8.64. The number of rotatable bonds is 3. The number of aliphatic hydroxyl groups is 1. The molecule has 12 heavy (non-hydrogen) atoms. The highest BCUT2D eigenvalue weighted by molar-refractivity contribution is 4.93. The van der Waals surface area contributed by atoms with E-state index >= 15 is 0 Å². The first-order chi connectivity index (χ1) is 5.61. The fourth-order valence-corrected chi connectivity index (χ4v) is 2.60. The van der Waals surface area contributed by atoms with E-state index in [0.717, 1.165) is 6.42 Å². The SMILES string of the molecule is CCCC(C)C1(O)CCCC1C. The van der Waals surface area contributed by atoms with Crippen molar-refractivity contribution in [3.05, 3.63) is 0 Å². The molecular weight excluding hydrogens is 148 g/mol. The Kier molecular flexibility index (Phi) is 3.16. The average Bonchev–Trinajstić information content (AvgIpc) is 2.34. The molecule has 1 heteroatoms. The van der Waals surface area contributed by atoms with E-state index in [1.807, 2.05) is 0 Å². The molecule has 0 aromatic heterocycles. The van der Waals surface area contributed by atoms with Gasteiger partial charge >= 0.3 is 0 Å². The lowest BCUT2D eigenvalue weighted by Crippen LogP contribution is -2.38. The molecule has 1 fully saturated rings. The van der Waals surface area contributed by atoms with Crippen molar-refractivity contribution < 1.29 is 5.11 Å². The molecule has 0 amide bonds. The fraction of sp³-hybridized carbons (Fsp3) is 1.00. The van der Waals surface area contributed by atoms with Crippen molar-refractivity contribution in [2.75, 3.05) is 0 Å². The van der Waals surface area contributed by atoms with Crippen molar-refractivity contribution in [2.45, 2.75) is 58.5 Å². The molecule has 0 bridgehead atoms. The van der Waals surface area contributed by atoms with Gasteiger partial charge in [0.25, 0.3) is 0 Å². The van der Waals surface area contributed by atoms with Gasteiger partial charge < -0.3 is 5.11 Å². The Hall–Kier alpha value is -0.0400. The smallest absolute Gasteiger partial charge is 0.0698 e. The van der Waals surface area contributed by atoms with Gasteiger partial charge in [0.1, 0.15) is 0 Å². The average molecular weight is 170 g/mol. The summed E-state index contributed by atoms with van der Waals surface area (Å²) in [7, 11) is 0. The van der Waals surface area contributed by atoms with E-state index in [2.05, 4.69) is 20.8 Å². The molecule has 0 aliphatic heterocycles. The zero-order chi connectivity index (χ0) is 9.19. The number of hydrogen-bond donors (Lipinski definition) is 1. The Balaban J connectivity index is 2.56. The summed E-state index contributed by atoms with van der Waals surface area (Å²) in [6.45, 7) is 6.59. The van der Waals surface area contributed by atoms with Crippen LogP contribution >= 0.6 is 0 Å². The van der Waals surface area contributed by atoms with Crippen LogP contribution in [0.15, 0.2) is 0 Å². The van der Waals surface area contributed by atoms with Gasteiger partial charge in [-0.2, -0.15) is 0 Å². The Morgan fingerprint density at radius 2 is 2.25 bits per heavy atom. The van der Waals surface area contributed by atoms with Crippen LogP contribution in [0.3, 0.4) is 0 Å². The standard InChI is InChI=1S/C11H22O/c1-4-6-9(2)11(12)8-5-7-10(11)3/h9-10,12H,4-8H2,1-3H3. The minimum absolute atomic E-state index is 0.337. The molecule has 0 heterocycles. The van der Waals surface area contributed by atoms with Crippen LogP contribution in [0.5, 0.6) is 0 Å². The summed E-state index contributed by atoms with van der Waals surface area (Å²) in [5, 5.41) is 10.4.